The third kappa shape index (κ3) is 2.70. The van der Waals surface area contributed by atoms with E-state index >= 15 is 0 Å². The molecule has 1 amide bonds. The molecule has 24 heavy (non-hydrogen) atoms. The molecule has 0 atom stereocenters. The largest absolute Gasteiger partial charge is 0.328 e. The highest BCUT2D eigenvalue weighted by atomic mass is 16.2. The summed E-state index contributed by atoms with van der Waals surface area (Å²) in [5, 5.41) is 4.71. The third-order valence-corrected chi connectivity index (χ3v) is 5.33. The van der Waals surface area contributed by atoms with Crippen LogP contribution >= 0.6 is 0 Å². The molecular weight excluding hydrogens is 302 g/mol. The fourth-order valence-corrected chi connectivity index (χ4v) is 4.13. The van der Waals surface area contributed by atoms with Gasteiger partial charge in [-0.3, -0.25) is 14.5 Å². The van der Waals surface area contributed by atoms with Gasteiger partial charge in [-0.1, -0.05) is 12.8 Å². The molecule has 2 heterocycles. The van der Waals surface area contributed by atoms with Crippen molar-refractivity contribution in [2.75, 3.05) is 0 Å². The quantitative estimate of drug-likeness (QED) is 0.865. The fourth-order valence-electron chi connectivity index (χ4n) is 4.13. The van der Waals surface area contributed by atoms with E-state index in [0.717, 1.165) is 31.4 Å². The Morgan fingerprint density at radius 3 is 2.83 bits per heavy atom. The van der Waals surface area contributed by atoms with Gasteiger partial charge in [0, 0.05) is 31.2 Å². The van der Waals surface area contributed by atoms with Crippen LogP contribution in [0.2, 0.25) is 0 Å². The van der Waals surface area contributed by atoms with Gasteiger partial charge in [-0.15, -0.1) is 0 Å². The van der Waals surface area contributed by atoms with Gasteiger partial charge in [0.15, 0.2) is 0 Å². The Bertz CT molecular complexity index is 733. The molecule has 126 valence electrons. The van der Waals surface area contributed by atoms with Crippen LogP contribution in [0.4, 0.5) is 0 Å². The minimum absolute atomic E-state index is 0.0209. The van der Waals surface area contributed by atoms with Gasteiger partial charge in [-0.05, 0) is 37.7 Å². The summed E-state index contributed by atoms with van der Waals surface area (Å²) in [6.07, 6.45) is 12.6. The molecule has 0 saturated heterocycles. The molecule has 2 aromatic heterocycles. The molecule has 4 rings (SSSR count). The van der Waals surface area contributed by atoms with Crippen LogP contribution in [0.3, 0.4) is 0 Å². The number of amides is 1. The predicted molar refractivity (Wildman–Crippen MR) is 89.4 cm³/mol. The van der Waals surface area contributed by atoms with Gasteiger partial charge in [-0.2, -0.15) is 5.10 Å². The summed E-state index contributed by atoms with van der Waals surface area (Å²) in [4.78, 5) is 23.3. The number of aryl methyl sites for hydroxylation is 1. The number of carbonyl (C=O) groups excluding carboxylic acids is 1. The average Bonchev–Trinajstić information content (AvgIpc) is 3.33. The highest BCUT2D eigenvalue weighted by molar-refractivity contribution is 5.92. The summed E-state index contributed by atoms with van der Waals surface area (Å²) >= 11 is 0. The second-order valence-electron chi connectivity index (χ2n) is 6.81. The predicted octanol–water partition coefficient (Wildman–Crippen LogP) is 2.28. The topological polar surface area (TPSA) is 63.9 Å². The van der Waals surface area contributed by atoms with Crippen molar-refractivity contribution >= 4 is 5.91 Å². The van der Waals surface area contributed by atoms with Crippen LogP contribution in [0.5, 0.6) is 0 Å². The number of fused-ring (bicyclic) bond motifs is 1. The maximum atomic E-state index is 13.0. The lowest BCUT2D eigenvalue weighted by atomic mass is 10.1. The lowest BCUT2D eigenvalue weighted by Crippen LogP contribution is -2.39. The summed E-state index contributed by atoms with van der Waals surface area (Å²) in [6, 6.07) is 0.290. The normalized spacial score (nSPS) is 17.2. The molecule has 0 radical (unpaired) electrons. The molecule has 0 aliphatic heterocycles. The Morgan fingerprint density at radius 1 is 1.25 bits per heavy atom. The van der Waals surface area contributed by atoms with E-state index in [1.807, 2.05) is 16.6 Å². The molecule has 2 aliphatic carbocycles. The molecule has 6 nitrogen and oxygen atoms in total. The zero-order valence-corrected chi connectivity index (χ0v) is 14.1. The maximum Gasteiger partial charge on any atom is 0.274 e. The summed E-state index contributed by atoms with van der Waals surface area (Å²) in [5.41, 5.74) is 4.18. The van der Waals surface area contributed by atoms with Crippen LogP contribution in [0.25, 0.3) is 0 Å². The minimum atomic E-state index is -0.0209. The SMILES string of the molecule is Cn1nc(CN(C(=O)c2cnccn2)C2CCCC2)c2c1CCC2. The zero-order valence-electron chi connectivity index (χ0n) is 14.1. The molecule has 0 unspecified atom stereocenters. The Morgan fingerprint density at radius 2 is 2.08 bits per heavy atom. The molecule has 0 spiro atoms. The van der Waals surface area contributed by atoms with Crippen LogP contribution in [0.15, 0.2) is 18.6 Å². The van der Waals surface area contributed by atoms with Crippen molar-refractivity contribution in [3.05, 3.63) is 41.2 Å². The van der Waals surface area contributed by atoms with E-state index in [0.29, 0.717) is 18.3 Å². The first kappa shape index (κ1) is 15.3. The van der Waals surface area contributed by atoms with Crippen LogP contribution < -0.4 is 0 Å². The molecular formula is C18H23N5O. The van der Waals surface area contributed by atoms with Gasteiger partial charge >= 0.3 is 0 Å². The Labute approximate surface area is 141 Å². The molecule has 6 heteroatoms. The summed E-state index contributed by atoms with van der Waals surface area (Å²) in [6.45, 7) is 0.587. The van der Waals surface area contributed by atoms with Gasteiger partial charge in [-0.25, -0.2) is 4.98 Å². The van der Waals surface area contributed by atoms with Crippen LogP contribution in [-0.4, -0.2) is 36.6 Å². The number of hydrogen-bond acceptors (Lipinski definition) is 4. The first-order valence-corrected chi connectivity index (χ1v) is 8.84. The van der Waals surface area contributed by atoms with E-state index in [1.54, 1.807) is 18.6 Å². The smallest absolute Gasteiger partial charge is 0.274 e. The zero-order chi connectivity index (χ0) is 16.5. The Balaban J connectivity index is 1.64. The molecule has 0 N–H and O–H groups in total. The van der Waals surface area contributed by atoms with Gasteiger partial charge in [0.2, 0.25) is 0 Å². The number of hydrogen-bond donors (Lipinski definition) is 0. The third-order valence-electron chi connectivity index (χ3n) is 5.33. The van der Waals surface area contributed by atoms with Crippen molar-refractivity contribution in [3.63, 3.8) is 0 Å². The molecule has 1 fully saturated rings. The van der Waals surface area contributed by atoms with Crippen LogP contribution in [0.1, 0.15) is 59.5 Å². The Kier molecular flexibility index (Phi) is 4.04. The van der Waals surface area contributed by atoms with E-state index in [2.05, 4.69) is 9.97 Å². The first-order chi connectivity index (χ1) is 11.7. The Hall–Kier alpha value is -2.24. The number of nitrogens with zero attached hydrogens (tertiary/aromatic N) is 5. The molecule has 0 bridgehead atoms. The van der Waals surface area contributed by atoms with Crippen molar-refractivity contribution in [1.82, 2.24) is 24.6 Å². The van der Waals surface area contributed by atoms with Gasteiger partial charge in [0.25, 0.3) is 5.91 Å². The van der Waals surface area contributed by atoms with E-state index in [4.69, 9.17) is 5.10 Å². The van der Waals surface area contributed by atoms with Gasteiger partial charge < -0.3 is 4.90 Å². The van der Waals surface area contributed by atoms with Crippen molar-refractivity contribution in [2.24, 2.45) is 7.05 Å². The van der Waals surface area contributed by atoms with E-state index in [1.165, 1.54) is 30.5 Å². The maximum absolute atomic E-state index is 13.0. The lowest BCUT2D eigenvalue weighted by Gasteiger charge is -2.28. The van der Waals surface area contributed by atoms with Crippen molar-refractivity contribution in [1.29, 1.82) is 0 Å². The minimum Gasteiger partial charge on any atom is -0.328 e. The van der Waals surface area contributed by atoms with Crippen LogP contribution in [0, 0.1) is 0 Å². The molecule has 1 saturated carbocycles. The monoisotopic (exact) mass is 325 g/mol. The molecule has 0 aromatic carbocycles. The van der Waals surface area contributed by atoms with Gasteiger partial charge in [0.1, 0.15) is 5.69 Å². The van der Waals surface area contributed by atoms with Crippen molar-refractivity contribution in [3.8, 4) is 0 Å². The van der Waals surface area contributed by atoms with E-state index in [9.17, 15) is 4.79 Å². The first-order valence-electron chi connectivity index (χ1n) is 8.84. The second-order valence-corrected chi connectivity index (χ2v) is 6.81. The highest BCUT2D eigenvalue weighted by Gasteiger charge is 2.31. The fraction of sp³-hybridized carbons (Fsp3) is 0.556. The van der Waals surface area contributed by atoms with Gasteiger partial charge in [0.05, 0.1) is 18.4 Å². The second kappa shape index (κ2) is 6.34. The average molecular weight is 325 g/mol. The lowest BCUT2D eigenvalue weighted by molar-refractivity contribution is 0.0654. The van der Waals surface area contributed by atoms with Crippen LogP contribution in [-0.2, 0) is 26.4 Å². The standard InChI is InChI=1S/C18H23N5O/c1-22-17-8-4-7-14(17)16(21-22)12-23(13-5-2-3-6-13)18(24)15-11-19-9-10-20-15/h9-11,13H,2-8,12H2,1H3. The molecule has 2 aliphatic rings. The highest BCUT2D eigenvalue weighted by Crippen LogP contribution is 2.29. The molecule has 2 aromatic rings. The van der Waals surface area contributed by atoms with E-state index < -0.39 is 0 Å². The number of aromatic nitrogens is 4. The van der Waals surface area contributed by atoms with E-state index in [-0.39, 0.29) is 5.91 Å². The summed E-state index contributed by atoms with van der Waals surface area (Å²) in [5.74, 6) is -0.0209. The summed E-state index contributed by atoms with van der Waals surface area (Å²) < 4.78 is 2.00. The number of carbonyl (C=O) groups is 1. The summed E-state index contributed by atoms with van der Waals surface area (Å²) in [7, 11) is 2.01. The van der Waals surface area contributed by atoms with Crippen molar-refractivity contribution in [2.45, 2.75) is 57.5 Å². The number of rotatable bonds is 4. The van der Waals surface area contributed by atoms with Crippen molar-refractivity contribution < 1.29 is 4.79 Å².